The molecule has 1 amide bonds. The average Bonchev–Trinajstić information content (AvgIpc) is 3.07. The second-order valence-corrected chi connectivity index (χ2v) is 5.70. The fourth-order valence-electron chi connectivity index (χ4n) is 2.21. The van der Waals surface area contributed by atoms with Gasteiger partial charge in [-0.05, 0) is 36.6 Å². The van der Waals surface area contributed by atoms with Crippen molar-refractivity contribution in [3.05, 3.63) is 52.3 Å². The first-order chi connectivity index (χ1) is 9.65. The number of rotatable bonds is 3. The molecule has 3 aromatic rings. The number of nitrogens with two attached hydrogens (primary N) is 1. The molecule has 0 aliphatic carbocycles. The molecular weight excluding hydrogens is 270 g/mol. The summed E-state index contributed by atoms with van der Waals surface area (Å²) in [5.74, 6) is -0.0816. The molecule has 2 heterocycles. The largest absolute Gasteiger partial charge is 0.399 e. The Kier molecular flexibility index (Phi) is 3.20. The van der Waals surface area contributed by atoms with Gasteiger partial charge in [0.05, 0.1) is 11.6 Å². The van der Waals surface area contributed by atoms with Crippen LogP contribution in [0.3, 0.4) is 0 Å². The molecule has 1 aromatic carbocycles. The van der Waals surface area contributed by atoms with Crippen molar-refractivity contribution in [1.29, 1.82) is 0 Å². The molecular formula is C15H15N3OS. The zero-order chi connectivity index (χ0) is 14.1. The van der Waals surface area contributed by atoms with Crippen molar-refractivity contribution in [1.82, 2.24) is 10.3 Å². The highest BCUT2D eigenvalue weighted by Crippen LogP contribution is 2.23. The molecule has 4 nitrogen and oxygen atoms in total. The standard InChI is InChI=1S/C15H15N3OS/c1-9(14-3-2-6-20-14)18-15(19)12-8-17-13-7-10(16)4-5-11(12)13/h2-9,17H,16H2,1H3,(H,18,19). The number of anilines is 1. The summed E-state index contributed by atoms with van der Waals surface area (Å²) in [5, 5.41) is 5.90. The van der Waals surface area contributed by atoms with Crippen molar-refractivity contribution in [2.75, 3.05) is 5.73 Å². The third-order valence-corrected chi connectivity index (χ3v) is 4.32. The second kappa shape index (κ2) is 5.02. The quantitative estimate of drug-likeness (QED) is 0.646. The van der Waals surface area contributed by atoms with E-state index in [1.807, 2.05) is 36.6 Å². The van der Waals surface area contributed by atoms with Gasteiger partial charge in [0.2, 0.25) is 0 Å². The molecule has 1 unspecified atom stereocenters. The number of carbonyl (C=O) groups excluding carboxylic acids is 1. The molecule has 5 heteroatoms. The molecule has 0 spiro atoms. The van der Waals surface area contributed by atoms with E-state index in [1.54, 1.807) is 23.6 Å². The molecule has 0 fully saturated rings. The third-order valence-electron chi connectivity index (χ3n) is 3.27. The van der Waals surface area contributed by atoms with Crippen LogP contribution in [-0.4, -0.2) is 10.9 Å². The van der Waals surface area contributed by atoms with E-state index in [1.165, 1.54) is 0 Å². The maximum Gasteiger partial charge on any atom is 0.253 e. The zero-order valence-electron chi connectivity index (χ0n) is 11.0. The van der Waals surface area contributed by atoms with Gasteiger partial charge in [-0.25, -0.2) is 0 Å². The summed E-state index contributed by atoms with van der Waals surface area (Å²) in [6.07, 6.45) is 1.72. The minimum atomic E-state index is -0.0816. The van der Waals surface area contributed by atoms with Gasteiger partial charge in [0.1, 0.15) is 0 Å². The lowest BCUT2D eigenvalue weighted by Gasteiger charge is -2.11. The zero-order valence-corrected chi connectivity index (χ0v) is 11.8. The Hall–Kier alpha value is -2.27. The average molecular weight is 285 g/mol. The van der Waals surface area contributed by atoms with Crippen molar-refractivity contribution >= 4 is 33.8 Å². The number of fused-ring (bicyclic) bond motifs is 1. The Morgan fingerprint density at radius 3 is 3.00 bits per heavy atom. The van der Waals surface area contributed by atoms with Gasteiger partial charge < -0.3 is 16.0 Å². The number of thiophene rings is 1. The van der Waals surface area contributed by atoms with Crippen LogP contribution in [0.25, 0.3) is 10.9 Å². The molecule has 3 rings (SSSR count). The monoisotopic (exact) mass is 285 g/mol. The van der Waals surface area contributed by atoms with Crippen LogP contribution in [0.15, 0.2) is 41.9 Å². The van der Waals surface area contributed by atoms with Crippen LogP contribution < -0.4 is 11.1 Å². The highest BCUT2D eigenvalue weighted by atomic mass is 32.1. The summed E-state index contributed by atoms with van der Waals surface area (Å²) in [4.78, 5) is 16.6. The van der Waals surface area contributed by atoms with Crippen LogP contribution in [0.1, 0.15) is 28.2 Å². The first kappa shape index (κ1) is 12.7. The second-order valence-electron chi connectivity index (χ2n) is 4.72. The van der Waals surface area contributed by atoms with Gasteiger partial charge in [-0.1, -0.05) is 6.07 Å². The van der Waals surface area contributed by atoms with Gasteiger partial charge in [0.25, 0.3) is 5.91 Å². The van der Waals surface area contributed by atoms with Crippen molar-refractivity contribution in [3.63, 3.8) is 0 Å². The minimum absolute atomic E-state index is 0.00114. The van der Waals surface area contributed by atoms with Crippen LogP contribution in [0.4, 0.5) is 5.69 Å². The number of hydrogen-bond acceptors (Lipinski definition) is 3. The van der Waals surface area contributed by atoms with Crippen LogP contribution >= 0.6 is 11.3 Å². The summed E-state index contributed by atoms with van der Waals surface area (Å²) < 4.78 is 0. The summed E-state index contributed by atoms with van der Waals surface area (Å²) in [7, 11) is 0. The maximum atomic E-state index is 12.4. The number of nitrogen functional groups attached to an aromatic ring is 1. The fraction of sp³-hybridized carbons (Fsp3) is 0.133. The molecule has 0 bridgehead atoms. The Labute approximate surface area is 120 Å². The summed E-state index contributed by atoms with van der Waals surface area (Å²) in [6.45, 7) is 1.98. The van der Waals surface area contributed by atoms with E-state index in [2.05, 4.69) is 10.3 Å². The molecule has 0 aliphatic rings. The van der Waals surface area contributed by atoms with E-state index in [0.29, 0.717) is 11.3 Å². The first-order valence-corrected chi connectivity index (χ1v) is 7.24. The number of aromatic amines is 1. The topological polar surface area (TPSA) is 70.9 Å². The highest BCUT2D eigenvalue weighted by Gasteiger charge is 2.15. The Balaban J connectivity index is 1.86. The smallest absolute Gasteiger partial charge is 0.253 e. The lowest BCUT2D eigenvalue weighted by atomic mass is 10.1. The van der Waals surface area contributed by atoms with Crippen LogP contribution in [0, 0.1) is 0 Å². The fourth-order valence-corrected chi connectivity index (χ4v) is 2.95. The SMILES string of the molecule is CC(NC(=O)c1c[nH]c2cc(N)ccc12)c1cccs1. The van der Waals surface area contributed by atoms with E-state index in [0.717, 1.165) is 15.8 Å². The maximum absolute atomic E-state index is 12.4. The predicted molar refractivity (Wildman–Crippen MR) is 82.9 cm³/mol. The van der Waals surface area contributed by atoms with Gasteiger partial charge in [-0.3, -0.25) is 4.79 Å². The van der Waals surface area contributed by atoms with E-state index in [4.69, 9.17) is 5.73 Å². The van der Waals surface area contributed by atoms with E-state index < -0.39 is 0 Å². The molecule has 0 saturated carbocycles. The molecule has 1 atom stereocenters. The molecule has 4 N–H and O–H groups in total. The van der Waals surface area contributed by atoms with E-state index >= 15 is 0 Å². The van der Waals surface area contributed by atoms with Crippen molar-refractivity contribution < 1.29 is 4.79 Å². The molecule has 102 valence electrons. The summed E-state index contributed by atoms with van der Waals surface area (Å²) in [6, 6.07) is 9.50. The van der Waals surface area contributed by atoms with Crippen molar-refractivity contribution in [2.24, 2.45) is 0 Å². The Morgan fingerprint density at radius 1 is 1.40 bits per heavy atom. The highest BCUT2D eigenvalue weighted by molar-refractivity contribution is 7.10. The number of H-pyrrole nitrogens is 1. The van der Waals surface area contributed by atoms with Crippen LogP contribution in [0.5, 0.6) is 0 Å². The van der Waals surface area contributed by atoms with Gasteiger partial charge in [-0.2, -0.15) is 0 Å². The van der Waals surface area contributed by atoms with Gasteiger partial charge >= 0.3 is 0 Å². The normalized spacial score (nSPS) is 12.4. The number of carbonyl (C=O) groups is 1. The lowest BCUT2D eigenvalue weighted by molar-refractivity contribution is 0.0942. The molecule has 0 radical (unpaired) electrons. The number of aromatic nitrogens is 1. The van der Waals surface area contributed by atoms with Gasteiger partial charge in [0.15, 0.2) is 0 Å². The molecule has 0 aliphatic heterocycles. The van der Waals surface area contributed by atoms with Crippen LogP contribution in [-0.2, 0) is 0 Å². The van der Waals surface area contributed by atoms with Crippen LogP contribution in [0.2, 0.25) is 0 Å². The Bertz CT molecular complexity index is 746. The summed E-state index contributed by atoms with van der Waals surface area (Å²) in [5.41, 5.74) is 7.93. The van der Waals surface area contributed by atoms with Crippen molar-refractivity contribution in [3.8, 4) is 0 Å². The Morgan fingerprint density at radius 2 is 2.25 bits per heavy atom. The van der Waals surface area contributed by atoms with Gasteiger partial charge in [0, 0.05) is 27.7 Å². The van der Waals surface area contributed by atoms with Gasteiger partial charge in [-0.15, -0.1) is 11.3 Å². The number of amides is 1. The third kappa shape index (κ3) is 2.28. The number of hydrogen-bond donors (Lipinski definition) is 3. The molecule has 0 saturated heterocycles. The molecule has 2 aromatic heterocycles. The van der Waals surface area contributed by atoms with Crippen molar-refractivity contribution in [2.45, 2.75) is 13.0 Å². The van der Waals surface area contributed by atoms with E-state index in [9.17, 15) is 4.79 Å². The number of benzene rings is 1. The molecule has 20 heavy (non-hydrogen) atoms. The first-order valence-electron chi connectivity index (χ1n) is 6.36. The predicted octanol–water partition coefficient (Wildman–Crippen LogP) is 3.30. The minimum Gasteiger partial charge on any atom is -0.399 e. The van der Waals surface area contributed by atoms with E-state index in [-0.39, 0.29) is 11.9 Å². The summed E-state index contributed by atoms with van der Waals surface area (Å²) >= 11 is 1.64. The number of nitrogens with one attached hydrogen (secondary N) is 2. The lowest BCUT2D eigenvalue weighted by Crippen LogP contribution is -2.25.